The van der Waals surface area contributed by atoms with E-state index in [9.17, 15) is 13.2 Å². The highest BCUT2D eigenvalue weighted by Gasteiger charge is 2.23. The number of hydrogen-bond donors (Lipinski definition) is 1. The summed E-state index contributed by atoms with van der Waals surface area (Å²) in [5.41, 5.74) is 1.46. The van der Waals surface area contributed by atoms with E-state index in [0.29, 0.717) is 5.56 Å². The maximum atomic E-state index is 12.6. The van der Waals surface area contributed by atoms with Gasteiger partial charge in [-0.25, -0.2) is 12.7 Å². The van der Waals surface area contributed by atoms with Crippen molar-refractivity contribution in [3.63, 3.8) is 0 Å². The molecule has 5 nitrogen and oxygen atoms in total. The van der Waals surface area contributed by atoms with Crippen LogP contribution in [0.2, 0.25) is 0 Å². The van der Waals surface area contributed by atoms with Crippen molar-refractivity contribution in [2.45, 2.75) is 22.3 Å². The molecular weight excluding hydrogens is 356 g/mol. The lowest BCUT2D eigenvalue weighted by atomic mass is 10.0. The van der Waals surface area contributed by atoms with Crippen molar-refractivity contribution in [1.82, 2.24) is 9.62 Å². The third kappa shape index (κ3) is 3.73. The van der Waals surface area contributed by atoms with Gasteiger partial charge in [-0.1, -0.05) is 24.3 Å². The standard InChI is InChI=1S/C18H20N2O3S2/c1-20(2)25(22,23)14-7-5-6-13(12-14)18(21)19-16-10-11-24-17-9-4-3-8-15(16)17/h3-9,12,16H,10-11H2,1-2H3,(H,19,21)/t16-/m0/s1. The molecule has 25 heavy (non-hydrogen) atoms. The highest BCUT2D eigenvalue weighted by molar-refractivity contribution is 7.99. The molecule has 0 spiro atoms. The maximum Gasteiger partial charge on any atom is 0.251 e. The minimum atomic E-state index is -3.56. The second-order valence-electron chi connectivity index (χ2n) is 6.02. The zero-order valence-corrected chi connectivity index (χ0v) is 15.7. The van der Waals surface area contributed by atoms with Gasteiger partial charge in [0.15, 0.2) is 0 Å². The van der Waals surface area contributed by atoms with E-state index < -0.39 is 10.0 Å². The fourth-order valence-corrected chi connectivity index (χ4v) is 4.82. The zero-order valence-electron chi connectivity index (χ0n) is 14.1. The van der Waals surface area contributed by atoms with Crippen LogP contribution in [-0.2, 0) is 10.0 Å². The number of nitrogens with one attached hydrogen (secondary N) is 1. The minimum Gasteiger partial charge on any atom is -0.345 e. The second kappa shape index (κ2) is 7.19. The SMILES string of the molecule is CN(C)S(=O)(=O)c1cccc(C(=O)N[C@H]2CCSc3ccccc32)c1. The van der Waals surface area contributed by atoms with Gasteiger partial charge in [-0.2, -0.15) is 0 Å². The van der Waals surface area contributed by atoms with E-state index in [1.807, 2.05) is 18.2 Å². The van der Waals surface area contributed by atoms with E-state index in [0.717, 1.165) is 22.0 Å². The fourth-order valence-electron chi connectivity index (χ4n) is 2.74. The topological polar surface area (TPSA) is 66.5 Å². The molecule has 7 heteroatoms. The third-order valence-corrected chi connectivity index (χ3v) is 7.07. The lowest BCUT2D eigenvalue weighted by Gasteiger charge is -2.26. The van der Waals surface area contributed by atoms with E-state index >= 15 is 0 Å². The molecule has 0 radical (unpaired) electrons. The average molecular weight is 377 g/mol. The Morgan fingerprint density at radius 3 is 2.68 bits per heavy atom. The quantitative estimate of drug-likeness (QED) is 0.891. The molecule has 2 aromatic rings. The maximum absolute atomic E-state index is 12.6. The molecule has 2 aromatic carbocycles. The summed E-state index contributed by atoms with van der Waals surface area (Å²) < 4.78 is 25.6. The molecule has 0 aliphatic carbocycles. The first-order valence-electron chi connectivity index (χ1n) is 7.95. The number of hydrogen-bond acceptors (Lipinski definition) is 4. The molecular formula is C18H20N2O3S2. The van der Waals surface area contributed by atoms with Crippen LogP contribution in [0.1, 0.15) is 28.4 Å². The smallest absolute Gasteiger partial charge is 0.251 e. The summed E-state index contributed by atoms with van der Waals surface area (Å²) in [6.07, 6.45) is 0.850. The van der Waals surface area contributed by atoms with Crippen molar-refractivity contribution in [1.29, 1.82) is 0 Å². The van der Waals surface area contributed by atoms with Gasteiger partial charge in [0.2, 0.25) is 10.0 Å². The number of amides is 1. The fraction of sp³-hybridized carbons (Fsp3) is 0.278. The number of carbonyl (C=O) groups excluding carboxylic acids is 1. The van der Waals surface area contributed by atoms with Gasteiger partial charge < -0.3 is 5.32 Å². The van der Waals surface area contributed by atoms with Gasteiger partial charge in [0.25, 0.3) is 5.91 Å². The number of rotatable bonds is 4. The first-order chi connectivity index (χ1) is 11.9. The zero-order chi connectivity index (χ0) is 18.0. The summed E-state index contributed by atoms with van der Waals surface area (Å²) in [7, 11) is -0.623. The molecule has 1 aliphatic rings. The Balaban J connectivity index is 1.84. The Morgan fingerprint density at radius 2 is 1.92 bits per heavy atom. The summed E-state index contributed by atoms with van der Waals surface area (Å²) in [5.74, 6) is 0.680. The number of nitrogens with zero attached hydrogens (tertiary/aromatic N) is 1. The monoisotopic (exact) mass is 376 g/mol. The van der Waals surface area contributed by atoms with Crippen LogP contribution in [0.25, 0.3) is 0 Å². The van der Waals surface area contributed by atoms with Crippen molar-refractivity contribution in [3.8, 4) is 0 Å². The molecule has 1 amide bonds. The number of carbonyl (C=O) groups is 1. The molecule has 0 fully saturated rings. The van der Waals surface area contributed by atoms with Crippen LogP contribution in [0.5, 0.6) is 0 Å². The van der Waals surface area contributed by atoms with E-state index in [1.54, 1.807) is 23.9 Å². The molecule has 0 unspecified atom stereocenters. The van der Waals surface area contributed by atoms with Crippen LogP contribution in [0.15, 0.2) is 58.3 Å². The van der Waals surface area contributed by atoms with Gasteiger partial charge in [0.1, 0.15) is 0 Å². The van der Waals surface area contributed by atoms with Crippen LogP contribution in [0.4, 0.5) is 0 Å². The van der Waals surface area contributed by atoms with E-state index in [1.165, 1.54) is 31.1 Å². The number of fused-ring (bicyclic) bond motifs is 1. The molecule has 132 valence electrons. The first-order valence-corrected chi connectivity index (χ1v) is 10.4. The summed E-state index contributed by atoms with van der Waals surface area (Å²) in [5, 5.41) is 3.04. The summed E-state index contributed by atoms with van der Waals surface area (Å²) >= 11 is 1.79. The van der Waals surface area contributed by atoms with Gasteiger partial charge in [-0.3, -0.25) is 4.79 Å². The number of sulfonamides is 1. The van der Waals surface area contributed by atoms with E-state index in [2.05, 4.69) is 11.4 Å². The van der Waals surface area contributed by atoms with E-state index in [4.69, 9.17) is 0 Å². The third-order valence-electron chi connectivity index (χ3n) is 4.14. The van der Waals surface area contributed by atoms with Crippen LogP contribution in [0.3, 0.4) is 0 Å². The van der Waals surface area contributed by atoms with Gasteiger partial charge in [0.05, 0.1) is 10.9 Å². The molecule has 1 N–H and O–H groups in total. The summed E-state index contributed by atoms with van der Waals surface area (Å²) in [4.78, 5) is 13.9. The van der Waals surface area contributed by atoms with Gasteiger partial charge in [-0.15, -0.1) is 11.8 Å². The predicted molar refractivity (Wildman–Crippen MR) is 99.3 cm³/mol. The largest absolute Gasteiger partial charge is 0.345 e. The van der Waals surface area contributed by atoms with Crippen molar-refractivity contribution in [2.24, 2.45) is 0 Å². The molecule has 0 saturated heterocycles. The van der Waals surface area contributed by atoms with Crippen molar-refractivity contribution in [2.75, 3.05) is 19.8 Å². The Hall–Kier alpha value is -1.83. The van der Waals surface area contributed by atoms with Gasteiger partial charge in [0, 0.05) is 30.3 Å². The highest BCUT2D eigenvalue weighted by atomic mass is 32.2. The van der Waals surface area contributed by atoms with Crippen molar-refractivity contribution < 1.29 is 13.2 Å². The first kappa shape index (κ1) is 18.0. The Morgan fingerprint density at radius 1 is 1.16 bits per heavy atom. The van der Waals surface area contributed by atoms with Crippen molar-refractivity contribution in [3.05, 3.63) is 59.7 Å². The number of benzene rings is 2. The lowest BCUT2D eigenvalue weighted by molar-refractivity contribution is 0.0934. The van der Waals surface area contributed by atoms with Crippen LogP contribution >= 0.6 is 11.8 Å². The van der Waals surface area contributed by atoms with Crippen LogP contribution in [-0.4, -0.2) is 38.5 Å². The Bertz CT molecular complexity index is 895. The normalized spacial score (nSPS) is 17.2. The average Bonchev–Trinajstić information content (AvgIpc) is 2.62. The predicted octanol–water partition coefficient (Wildman–Crippen LogP) is 2.90. The molecule has 1 heterocycles. The lowest BCUT2D eigenvalue weighted by Crippen LogP contribution is -2.31. The summed E-state index contributed by atoms with van der Waals surface area (Å²) in [6, 6.07) is 14.1. The molecule has 0 aromatic heterocycles. The molecule has 0 saturated carbocycles. The second-order valence-corrected chi connectivity index (χ2v) is 9.30. The van der Waals surface area contributed by atoms with Gasteiger partial charge >= 0.3 is 0 Å². The molecule has 1 aliphatic heterocycles. The van der Waals surface area contributed by atoms with Crippen LogP contribution < -0.4 is 5.32 Å². The Labute approximate surface area is 152 Å². The molecule has 0 bridgehead atoms. The van der Waals surface area contributed by atoms with Gasteiger partial charge in [-0.05, 0) is 36.2 Å². The molecule has 1 atom stereocenters. The summed E-state index contributed by atoms with van der Waals surface area (Å²) in [6.45, 7) is 0. The Kier molecular flexibility index (Phi) is 5.17. The minimum absolute atomic E-state index is 0.0564. The molecule has 3 rings (SSSR count). The van der Waals surface area contributed by atoms with E-state index in [-0.39, 0.29) is 16.8 Å². The number of thioether (sulfide) groups is 1. The highest BCUT2D eigenvalue weighted by Crippen LogP contribution is 2.35. The van der Waals surface area contributed by atoms with Crippen molar-refractivity contribution >= 4 is 27.7 Å². The van der Waals surface area contributed by atoms with Crippen LogP contribution in [0, 0.1) is 0 Å².